The summed E-state index contributed by atoms with van der Waals surface area (Å²) in [4.78, 5) is 6.99. The Balaban J connectivity index is 0.00000147. The summed E-state index contributed by atoms with van der Waals surface area (Å²) in [6, 6.07) is 0.892. The molecule has 3 aliphatic rings. The molecule has 0 spiro atoms. The Labute approximate surface area is 140 Å². The van der Waals surface area contributed by atoms with Crippen molar-refractivity contribution < 1.29 is 0 Å². The summed E-state index contributed by atoms with van der Waals surface area (Å²) in [5.74, 6) is 2.89. The highest BCUT2D eigenvalue weighted by atomic mass is 127. The number of nitrogens with one attached hydrogen (secondary N) is 2. The van der Waals surface area contributed by atoms with Gasteiger partial charge in [-0.25, -0.2) is 0 Å². The molecule has 3 fully saturated rings. The molecule has 0 saturated heterocycles. The Morgan fingerprint density at radius 2 is 1.75 bits per heavy atom. The molecule has 0 bridgehead atoms. The largest absolute Gasteiger partial charge is 0.356 e. The van der Waals surface area contributed by atoms with Gasteiger partial charge in [-0.1, -0.05) is 0 Å². The van der Waals surface area contributed by atoms with Gasteiger partial charge in [0, 0.05) is 39.3 Å². The van der Waals surface area contributed by atoms with Crippen LogP contribution in [0.1, 0.15) is 38.5 Å². The molecule has 0 aliphatic heterocycles. The van der Waals surface area contributed by atoms with Crippen molar-refractivity contribution >= 4 is 29.9 Å². The van der Waals surface area contributed by atoms with Gasteiger partial charge < -0.3 is 10.6 Å². The minimum atomic E-state index is 0. The number of hydrogen-bond acceptors (Lipinski definition) is 2. The molecule has 0 heterocycles. The molecule has 3 saturated carbocycles. The van der Waals surface area contributed by atoms with Gasteiger partial charge >= 0.3 is 0 Å². The molecule has 0 aromatic heterocycles. The molecule has 0 atom stereocenters. The first-order valence-electron chi connectivity index (χ1n) is 8.03. The van der Waals surface area contributed by atoms with Crippen molar-refractivity contribution in [1.29, 1.82) is 0 Å². The normalized spacial score (nSPS) is 22.6. The molecule has 0 aromatic rings. The molecule has 0 radical (unpaired) electrons. The maximum absolute atomic E-state index is 4.29. The molecule has 3 aliphatic carbocycles. The molecular weight excluding hydrogens is 363 g/mol. The summed E-state index contributed by atoms with van der Waals surface area (Å²) in [5.41, 5.74) is 0. The summed E-state index contributed by atoms with van der Waals surface area (Å²) in [6.45, 7) is 4.62. The zero-order valence-corrected chi connectivity index (χ0v) is 14.9. The highest BCUT2D eigenvalue weighted by Gasteiger charge is 2.33. The van der Waals surface area contributed by atoms with E-state index in [2.05, 4.69) is 20.5 Å². The minimum absolute atomic E-state index is 0. The molecule has 0 aromatic carbocycles. The summed E-state index contributed by atoms with van der Waals surface area (Å²) >= 11 is 0. The number of aliphatic imine (C=N–C) groups is 1. The summed E-state index contributed by atoms with van der Waals surface area (Å²) in [6.07, 6.45) is 8.53. The van der Waals surface area contributed by atoms with Crippen molar-refractivity contribution in [2.75, 3.05) is 33.2 Å². The van der Waals surface area contributed by atoms with Crippen molar-refractivity contribution in [1.82, 2.24) is 15.5 Å². The van der Waals surface area contributed by atoms with Crippen LogP contribution in [-0.2, 0) is 0 Å². The lowest BCUT2D eigenvalue weighted by Gasteiger charge is -2.22. The van der Waals surface area contributed by atoms with E-state index >= 15 is 0 Å². The first-order valence-corrected chi connectivity index (χ1v) is 8.03. The van der Waals surface area contributed by atoms with E-state index in [0.717, 1.165) is 36.9 Å². The molecule has 4 nitrogen and oxygen atoms in total. The highest BCUT2D eigenvalue weighted by molar-refractivity contribution is 14.0. The fraction of sp³-hybridized carbons (Fsp3) is 0.933. The van der Waals surface area contributed by atoms with E-state index < -0.39 is 0 Å². The van der Waals surface area contributed by atoms with E-state index in [4.69, 9.17) is 0 Å². The molecule has 0 amide bonds. The topological polar surface area (TPSA) is 39.7 Å². The van der Waals surface area contributed by atoms with Crippen molar-refractivity contribution in [2.24, 2.45) is 16.8 Å². The van der Waals surface area contributed by atoms with Crippen LogP contribution >= 0.6 is 24.0 Å². The molecule has 3 rings (SSSR count). The van der Waals surface area contributed by atoms with E-state index in [1.807, 2.05) is 7.05 Å². The van der Waals surface area contributed by atoms with E-state index in [-0.39, 0.29) is 24.0 Å². The second kappa shape index (κ2) is 7.82. The zero-order valence-electron chi connectivity index (χ0n) is 12.6. The molecule has 0 unspecified atom stereocenters. The lowest BCUT2D eigenvalue weighted by molar-refractivity contribution is 0.256. The number of nitrogens with zero attached hydrogens (tertiary/aromatic N) is 2. The second-order valence-electron chi connectivity index (χ2n) is 6.49. The average Bonchev–Trinajstić information content (AvgIpc) is 3.29. The summed E-state index contributed by atoms with van der Waals surface area (Å²) in [5, 5.41) is 6.88. The van der Waals surface area contributed by atoms with Crippen molar-refractivity contribution in [3.8, 4) is 0 Å². The van der Waals surface area contributed by atoms with Crippen molar-refractivity contribution in [3.63, 3.8) is 0 Å². The van der Waals surface area contributed by atoms with Gasteiger partial charge in [0.05, 0.1) is 0 Å². The van der Waals surface area contributed by atoms with Crippen molar-refractivity contribution in [3.05, 3.63) is 0 Å². The van der Waals surface area contributed by atoms with Gasteiger partial charge in [-0.15, -0.1) is 24.0 Å². The zero-order chi connectivity index (χ0) is 13.1. The predicted octanol–water partition coefficient (Wildman–Crippen LogP) is 2.05. The Kier molecular flexibility index (Phi) is 6.39. The van der Waals surface area contributed by atoms with Crippen LogP contribution < -0.4 is 10.6 Å². The smallest absolute Gasteiger partial charge is 0.191 e. The Hall–Kier alpha value is -0.0400. The van der Waals surface area contributed by atoms with Crippen LogP contribution in [0.5, 0.6) is 0 Å². The Morgan fingerprint density at radius 1 is 1.05 bits per heavy atom. The maximum atomic E-state index is 4.29. The van der Waals surface area contributed by atoms with Gasteiger partial charge in [-0.2, -0.15) is 0 Å². The predicted molar refractivity (Wildman–Crippen MR) is 94.8 cm³/mol. The van der Waals surface area contributed by atoms with E-state index in [1.54, 1.807) is 0 Å². The lowest BCUT2D eigenvalue weighted by atomic mass is 10.3. The first-order chi connectivity index (χ1) is 9.35. The van der Waals surface area contributed by atoms with Gasteiger partial charge in [-0.05, 0) is 50.4 Å². The Bertz CT molecular complexity index is 322. The van der Waals surface area contributed by atoms with Gasteiger partial charge in [0.1, 0.15) is 0 Å². The number of guanidine groups is 1. The van der Waals surface area contributed by atoms with Crippen LogP contribution in [0.15, 0.2) is 4.99 Å². The third-order valence-electron chi connectivity index (χ3n) is 4.42. The van der Waals surface area contributed by atoms with Crippen LogP contribution in [0, 0.1) is 11.8 Å². The van der Waals surface area contributed by atoms with Gasteiger partial charge in [0.15, 0.2) is 5.96 Å². The molecule has 5 heteroatoms. The Morgan fingerprint density at radius 3 is 2.30 bits per heavy atom. The van der Waals surface area contributed by atoms with Crippen molar-refractivity contribution in [2.45, 2.75) is 44.6 Å². The SMILES string of the molecule is CN=C(NCCN(CC1CC1)C1CC1)NCC1CC1.I. The lowest BCUT2D eigenvalue weighted by Crippen LogP contribution is -2.43. The molecule has 20 heavy (non-hydrogen) atoms. The van der Waals surface area contributed by atoms with E-state index in [9.17, 15) is 0 Å². The summed E-state index contributed by atoms with van der Waals surface area (Å²) < 4.78 is 0. The minimum Gasteiger partial charge on any atom is -0.356 e. The third kappa shape index (κ3) is 5.76. The number of hydrogen-bond donors (Lipinski definition) is 2. The van der Waals surface area contributed by atoms with Crippen LogP contribution in [0.25, 0.3) is 0 Å². The maximum Gasteiger partial charge on any atom is 0.191 e. The first kappa shape index (κ1) is 16.3. The molecule has 2 N–H and O–H groups in total. The molecule has 116 valence electrons. The quantitative estimate of drug-likeness (QED) is 0.377. The summed E-state index contributed by atoms with van der Waals surface area (Å²) in [7, 11) is 1.87. The fourth-order valence-corrected chi connectivity index (χ4v) is 2.60. The monoisotopic (exact) mass is 392 g/mol. The number of rotatable bonds is 8. The standard InChI is InChI=1S/C15H28N4.HI/c1-16-15(18-10-12-2-3-12)17-8-9-19(14-6-7-14)11-13-4-5-13;/h12-14H,2-11H2,1H3,(H2,16,17,18);1H. The highest BCUT2D eigenvalue weighted by Crippen LogP contribution is 2.34. The fourth-order valence-electron chi connectivity index (χ4n) is 2.60. The number of halogens is 1. The van der Waals surface area contributed by atoms with Crippen LogP contribution in [0.3, 0.4) is 0 Å². The van der Waals surface area contributed by atoms with E-state index in [1.165, 1.54) is 51.6 Å². The van der Waals surface area contributed by atoms with Crippen LogP contribution in [0.4, 0.5) is 0 Å². The second-order valence-corrected chi connectivity index (χ2v) is 6.49. The van der Waals surface area contributed by atoms with E-state index in [0.29, 0.717) is 0 Å². The van der Waals surface area contributed by atoms with Crippen LogP contribution in [-0.4, -0.2) is 50.1 Å². The van der Waals surface area contributed by atoms with Gasteiger partial charge in [-0.3, -0.25) is 9.89 Å². The van der Waals surface area contributed by atoms with Gasteiger partial charge in [0.2, 0.25) is 0 Å². The molecular formula is C15H29IN4. The third-order valence-corrected chi connectivity index (χ3v) is 4.42. The van der Waals surface area contributed by atoms with Gasteiger partial charge in [0.25, 0.3) is 0 Å². The average molecular weight is 392 g/mol. The van der Waals surface area contributed by atoms with Crippen LogP contribution in [0.2, 0.25) is 0 Å².